The van der Waals surface area contributed by atoms with E-state index in [0.29, 0.717) is 0 Å². The highest BCUT2D eigenvalue weighted by Crippen LogP contribution is 2.28. The number of nitrogens with one attached hydrogen (secondary N) is 1. The van der Waals surface area contributed by atoms with Crippen LogP contribution in [0, 0.1) is 0 Å². The Kier molecular flexibility index (Phi) is 5.99. The highest BCUT2D eigenvalue weighted by atomic mass is 16.6. The van der Waals surface area contributed by atoms with E-state index < -0.39 is 48.8 Å². The Hall–Kier alpha value is -1.89. The van der Waals surface area contributed by atoms with Gasteiger partial charge < -0.3 is 36.2 Å². The second-order valence-corrected chi connectivity index (χ2v) is 5.43. The van der Waals surface area contributed by atoms with Gasteiger partial charge in [-0.15, -0.1) is 0 Å². The Morgan fingerprint density at radius 1 is 1.42 bits per heavy atom. The number of rotatable bonds is 6. The molecule has 0 spiro atoms. The van der Waals surface area contributed by atoms with Crippen LogP contribution in [-0.2, 0) is 9.53 Å². The fourth-order valence-corrected chi connectivity index (χ4v) is 2.28. The van der Waals surface area contributed by atoms with Gasteiger partial charge in [-0.2, -0.15) is 4.98 Å². The lowest BCUT2D eigenvalue weighted by Gasteiger charge is -2.17. The van der Waals surface area contributed by atoms with Crippen molar-refractivity contribution in [1.29, 1.82) is 0 Å². The van der Waals surface area contributed by atoms with Crippen LogP contribution in [0.15, 0.2) is 17.1 Å². The van der Waals surface area contributed by atoms with Crippen LogP contribution in [0.1, 0.15) is 12.6 Å². The molecule has 1 fully saturated rings. The number of amides is 1. The minimum Gasteiger partial charge on any atom is -0.395 e. The molecule has 2 heterocycles. The lowest BCUT2D eigenvalue weighted by molar-refractivity contribution is -0.116. The van der Waals surface area contributed by atoms with Gasteiger partial charge in [-0.25, -0.2) is 4.79 Å². The maximum Gasteiger partial charge on any atom is 0.351 e. The summed E-state index contributed by atoms with van der Waals surface area (Å²) in [5.41, 5.74) is 4.61. The predicted octanol–water partition coefficient (Wildman–Crippen LogP) is -3.50. The molecular formula is C13H20N4O7. The maximum absolute atomic E-state index is 12.0. The van der Waals surface area contributed by atoms with E-state index in [0.717, 1.165) is 4.57 Å². The van der Waals surface area contributed by atoms with Crippen molar-refractivity contribution in [3.8, 4) is 0 Å². The van der Waals surface area contributed by atoms with Crippen molar-refractivity contribution in [2.45, 2.75) is 37.0 Å². The number of aliphatic hydroxyl groups excluding tert-OH is 4. The zero-order valence-electron chi connectivity index (χ0n) is 12.6. The number of aromatic nitrogens is 2. The van der Waals surface area contributed by atoms with Crippen LogP contribution in [0.3, 0.4) is 0 Å². The number of nitrogens with zero attached hydrogens (tertiary/aromatic N) is 2. The fourth-order valence-electron chi connectivity index (χ4n) is 2.28. The van der Waals surface area contributed by atoms with E-state index in [1.165, 1.54) is 12.3 Å². The second-order valence-electron chi connectivity index (χ2n) is 5.43. The zero-order chi connectivity index (χ0) is 17.9. The number of hydrogen-bond donors (Lipinski definition) is 6. The minimum absolute atomic E-state index is 0.0295. The van der Waals surface area contributed by atoms with Gasteiger partial charge in [0.25, 0.3) is 0 Å². The summed E-state index contributed by atoms with van der Waals surface area (Å²) in [6.45, 7) is -0.871. The van der Waals surface area contributed by atoms with E-state index in [4.69, 9.17) is 20.7 Å². The Morgan fingerprint density at radius 2 is 2.12 bits per heavy atom. The van der Waals surface area contributed by atoms with Gasteiger partial charge >= 0.3 is 5.69 Å². The van der Waals surface area contributed by atoms with Gasteiger partial charge in [0.05, 0.1) is 13.2 Å². The van der Waals surface area contributed by atoms with Crippen molar-refractivity contribution in [2.24, 2.45) is 5.73 Å². The predicted molar refractivity (Wildman–Crippen MR) is 79.8 cm³/mol. The summed E-state index contributed by atoms with van der Waals surface area (Å²) in [7, 11) is 0. The van der Waals surface area contributed by atoms with E-state index in [1.807, 2.05) is 0 Å². The van der Waals surface area contributed by atoms with Crippen LogP contribution < -0.4 is 16.7 Å². The molecule has 5 atom stereocenters. The molecule has 0 saturated carbocycles. The summed E-state index contributed by atoms with van der Waals surface area (Å²) in [4.78, 5) is 27.3. The number of ether oxygens (including phenoxy) is 1. The van der Waals surface area contributed by atoms with Crippen LogP contribution in [0.25, 0.3) is 0 Å². The third-order valence-electron chi connectivity index (χ3n) is 3.57. The van der Waals surface area contributed by atoms with Crippen LogP contribution in [0.4, 0.5) is 5.82 Å². The van der Waals surface area contributed by atoms with Crippen molar-refractivity contribution in [3.05, 3.63) is 22.7 Å². The van der Waals surface area contributed by atoms with E-state index in [9.17, 15) is 19.8 Å². The van der Waals surface area contributed by atoms with Gasteiger partial charge in [0.2, 0.25) is 5.91 Å². The Morgan fingerprint density at radius 3 is 2.67 bits per heavy atom. The molecule has 1 aromatic rings. The molecule has 0 aromatic carbocycles. The Bertz CT molecular complexity index is 637. The normalized spacial score (nSPS) is 27.9. The summed E-state index contributed by atoms with van der Waals surface area (Å²) >= 11 is 0. The lowest BCUT2D eigenvalue weighted by atomic mass is 10.1. The molecular weight excluding hydrogens is 324 g/mol. The highest BCUT2D eigenvalue weighted by Gasteiger charge is 2.43. The minimum atomic E-state index is -1.41. The zero-order valence-corrected chi connectivity index (χ0v) is 12.6. The van der Waals surface area contributed by atoms with Crippen molar-refractivity contribution >= 4 is 11.7 Å². The summed E-state index contributed by atoms with van der Waals surface area (Å²) in [6.07, 6.45) is -3.88. The molecule has 1 saturated heterocycles. The average Bonchev–Trinajstić information content (AvgIpc) is 2.82. The molecule has 2 rings (SSSR count). The topological polar surface area (TPSA) is 180 Å². The quantitative estimate of drug-likeness (QED) is 0.305. The Balaban J connectivity index is 2.10. The van der Waals surface area contributed by atoms with E-state index in [-0.39, 0.29) is 18.8 Å². The third kappa shape index (κ3) is 3.95. The van der Waals surface area contributed by atoms with Crippen molar-refractivity contribution in [3.63, 3.8) is 0 Å². The molecule has 1 aliphatic heterocycles. The number of carbonyl (C=O) groups excluding carboxylic acids is 1. The van der Waals surface area contributed by atoms with E-state index >= 15 is 0 Å². The second kappa shape index (κ2) is 7.79. The van der Waals surface area contributed by atoms with Crippen LogP contribution in [0.5, 0.6) is 0 Å². The van der Waals surface area contributed by atoms with Gasteiger partial charge in [0, 0.05) is 18.7 Å². The van der Waals surface area contributed by atoms with Gasteiger partial charge in [-0.05, 0) is 6.07 Å². The van der Waals surface area contributed by atoms with Crippen molar-refractivity contribution in [2.75, 3.05) is 18.5 Å². The molecule has 7 N–H and O–H groups in total. The number of carbonyl (C=O) groups is 1. The first-order valence-electron chi connectivity index (χ1n) is 7.25. The molecule has 0 bridgehead atoms. The fraction of sp³-hybridized carbons (Fsp3) is 0.615. The first-order valence-corrected chi connectivity index (χ1v) is 7.25. The first kappa shape index (κ1) is 18.4. The van der Waals surface area contributed by atoms with Crippen LogP contribution >= 0.6 is 0 Å². The Labute approximate surface area is 136 Å². The summed E-state index contributed by atoms with van der Waals surface area (Å²) in [6, 6.07) is 0.586. The number of hydrogen-bond acceptors (Lipinski definition) is 9. The summed E-state index contributed by atoms with van der Waals surface area (Å²) in [5, 5.41) is 39.8. The molecule has 2 unspecified atom stereocenters. The van der Waals surface area contributed by atoms with Crippen LogP contribution in [0.2, 0.25) is 0 Å². The highest BCUT2D eigenvalue weighted by molar-refractivity contribution is 5.90. The average molecular weight is 344 g/mol. The van der Waals surface area contributed by atoms with Crippen LogP contribution in [-0.4, -0.2) is 73.5 Å². The van der Waals surface area contributed by atoms with E-state index in [1.54, 1.807) is 0 Å². The smallest absolute Gasteiger partial charge is 0.351 e. The molecule has 24 heavy (non-hydrogen) atoms. The molecule has 0 aliphatic carbocycles. The van der Waals surface area contributed by atoms with Gasteiger partial charge in [-0.3, -0.25) is 9.36 Å². The molecule has 11 heteroatoms. The van der Waals surface area contributed by atoms with E-state index in [2.05, 4.69) is 10.3 Å². The largest absolute Gasteiger partial charge is 0.395 e. The van der Waals surface area contributed by atoms with Gasteiger partial charge in [0.15, 0.2) is 6.23 Å². The maximum atomic E-state index is 12.0. The molecule has 1 amide bonds. The SMILES string of the molecule is NC(CO)CC(=O)Nc1ccn([C@@H]2O[C@H](CO)[C@H](O)C2O)c(=O)n1. The first-order chi connectivity index (χ1) is 11.4. The molecule has 1 aromatic heterocycles. The van der Waals surface area contributed by atoms with Gasteiger partial charge in [0.1, 0.15) is 24.1 Å². The standard InChI is InChI=1S/C13H20N4O7/c14-6(4-18)3-9(20)15-8-1-2-17(13(23)16-8)12-11(22)10(21)7(5-19)24-12/h1-2,6-7,10-12,18-19,21-22H,3-5,14H2,(H,15,16,20,23)/t6?,7-,10+,11?,12-/m1/s1. The number of nitrogens with two attached hydrogens (primary N) is 1. The summed E-state index contributed by atoms with van der Waals surface area (Å²) < 4.78 is 6.17. The summed E-state index contributed by atoms with van der Waals surface area (Å²) in [5.74, 6) is -0.549. The van der Waals surface area contributed by atoms with Crippen molar-refractivity contribution in [1.82, 2.24) is 9.55 Å². The van der Waals surface area contributed by atoms with Gasteiger partial charge in [-0.1, -0.05) is 0 Å². The lowest BCUT2D eigenvalue weighted by Crippen LogP contribution is -2.36. The molecule has 1 aliphatic rings. The molecule has 134 valence electrons. The van der Waals surface area contributed by atoms with Crippen molar-refractivity contribution < 1.29 is 30.0 Å². The molecule has 0 radical (unpaired) electrons. The number of anilines is 1. The third-order valence-corrected chi connectivity index (χ3v) is 3.57. The molecule has 11 nitrogen and oxygen atoms in total. The number of aliphatic hydroxyl groups is 4. The monoisotopic (exact) mass is 344 g/mol.